The molecule has 0 bridgehead atoms. The summed E-state index contributed by atoms with van der Waals surface area (Å²) < 4.78 is 0. The molecule has 2 rings (SSSR count). The Balaban J connectivity index is 1.97. The minimum atomic E-state index is -0.480. The van der Waals surface area contributed by atoms with E-state index in [2.05, 4.69) is 31.3 Å². The van der Waals surface area contributed by atoms with E-state index in [0.29, 0.717) is 31.2 Å². The zero-order valence-corrected chi connectivity index (χ0v) is 18.5. The maximum Gasteiger partial charge on any atom is 0.242 e. The summed E-state index contributed by atoms with van der Waals surface area (Å²) in [5, 5.41) is 2.96. The summed E-state index contributed by atoms with van der Waals surface area (Å²) in [5.41, 5.74) is 1.17. The molecule has 0 aliphatic heterocycles. The number of benzene rings is 2. The number of hydrogen-bond donors (Lipinski definition) is 1. The van der Waals surface area contributed by atoms with Crippen molar-refractivity contribution in [3.05, 3.63) is 66.2 Å². The first kappa shape index (κ1) is 23.0. The highest BCUT2D eigenvalue weighted by Gasteiger charge is 2.25. The van der Waals surface area contributed by atoms with Crippen LogP contribution < -0.4 is 5.32 Å². The molecule has 1 atom stereocenters. The highest BCUT2D eigenvalue weighted by atomic mass is 32.2. The van der Waals surface area contributed by atoms with Gasteiger partial charge in [-0.2, -0.15) is 0 Å². The van der Waals surface area contributed by atoms with Crippen molar-refractivity contribution >= 4 is 23.6 Å². The van der Waals surface area contributed by atoms with Crippen molar-refractivity contribution in [1.29, 1.82) is 0 Å². The van der Waals surface area contributed by atoms with Crippen molar-refractivity contribution in [2.75, 3.05) is 18.8 Å². The largest absolute Gasteiger partial charge is 0.354 e. The van der Waals surface area contributed by atoms with Crippen LogP contribution in [0.25, 0.3) is 0 Å². The molecule has 0 aromatic heterocycles. The average molecular weight is 413 g/mol. The number of thioether (sulfide) groups is 1. The predicted octanol–water partition coefficient (Wildman–Crippen LogP) is 4.40. The predicted molar refractivity (Wildman–Crippen MR) is 121 cm³/mol. The van der Waals surface area contributed by atoms with Gasteiger partial charge in [-0.1, -0.05) is 62.4 Å². The van der Waals surface area contributed by atoms with Crippen LogP contribution in [0.5, 0.6) is 0 Å². The zero-order chi connectivity index (χ0) is 21.1. The van der Waals surface area contributed by atoms with E-state index in [4.69, 9.17) is 0 Å². The molecule has 0 unspecified atom stereocenters. The topological polar surface area (TPSA) is 49.4 Å². The van der Waals surface area contributed by atoms with E-state index >= 15 is 0 Å². The minimum Gasteiger partial charge on any atom is -0.354 e. The van der Waals surface area contributed by atoms with E-state index in [1.54, 1.807) is 16.7 Å². The first-order valence-electron chi connectivity index (χ1n) is 10.3. The first-order chi connectivity index (χ1) is 14.0. The number of amides is 2. The van der Waals surface area contributed by atoms with Gasteiger partial charge in [0.2, 0.25) is 11.8 Å². The van der Waals surface area contributed by atoms with E-state index in [0.717, 1.165) is 11.3 Å². The Morgan fingerprint density at radius 1 is 0.966 bits per heavy atom. The molecule has 4 nitrogen and oxygen atoms in total. The van der Waals surface area contributed by atoms with Crippen LogP contribution in [0.15, 0.2) is 65.6 Å². The van der Waals surface area contributed by atoms with E-state index in [1.807, 2.05) is 55.5 Å². The van der Waals surface area contributed by atoms with Crippen LogP contribution in [0.2, 0.25) is 0 Å². The van der Waals surface area contributed by atoms with Crippen molar-refractivity contribution in [2.24, 2.45) is 5.92 Å². The average Bonchev–Trinajstić information content (AvgIpc) is 2.73. The van der Waals surface area contributed by atoms with Crippen LogP contribution >= 0.6 is 11.8 Å². The van der Waals surface area contributed by atoms with Crippen molar-refractivity contribution in [3.63, 3.8) is 0 Å². The number of carbonyl (C=O) groups excluding carboxylic acids is 2. The second-order valence-electron chi connectivity index (χ2n) is 7.55. The highest BCUT2D eigenvalue weighted by Crippen LogP contribution is 2.19. The Labute approximate surface area is 179 Å². The van der Waals surface area contributed by atoms with Gasteiger partial charge in [-0.15, -0.1) is 11.8 Å². The van der Waals surface area contributed by atoms with Gasteiger partial charge >= 0.3 is 0 Å². The van der Waals surface area contributed by atoms with Gasteiger partial charge in [-0.25, -0.2) is 0 Å². The van der Waals surface area contributed by atoms with Crippen LogP contribution in [0.1, 0.15) is 32.8 Å². The molecular formula is C24H32N2O2S. The summed E-state index contributed by atoms with van der Waals surface area (Å²) in [7, 11) is 0. The Morgan fingerprint density at radius 2 is 1.59 bits per heavy atom. The lowest BCUT2D eigenvalue weighted by atomic mass is 10.1. The molecule has 0 radical (unpaired) electrons. The van der Waals surface area contributed by atoms with Crippen LogP contribution in [0.3, 0.4) is 0 Å². The SMILES string of the molecule is CC(C)CNC(=O)[C@H](C)N(CCc1ccccc1)C(=O)CCSc1ccccc1. The summed E-state index contributed by atoms with van der Waals surface area (Å²) in [6.07, 6.45) is 1.15. The number of rotatable bonds is 11. The molecule has 0 aliphatic carbocycles. The van der Waals surface area contributed by atoms with Crippen molar-refractivity contribution < 1.29 is 9.59 Å². The number of nitrogens with one attached hydrogen (secondary N) is 1. The van der Waals surface area contributed by atoms with Gasteiger partial charge in [0.1, 0.15) is 6.04 Å². The van der Waals surface area contributed by atoms with Gasteiger partial charge in [0.05, 0.1) is 0 Å². The van der Waals surface area contributed by atoms with Gasteiger partial charge in [0, 0.05) is 30.2 Å². The van der Waals surface area contributed by atoms with Gasteiger partial charge in [-0.3, -0.25) is 9.59 Å². The van der Waals surface area contributed by atoms with Gasteiger partial charge in [0.25, 0.3) is 0 Å². The number of carbonyl (C=O) groups is 2. The lowest BCUT2D eigenvalue weighted by molar-refractivity contribution is -0.139. The highest BCUT2D eigenvalue weighted by molar-refractivity contribution is 7.99. The monoisotopic (exact) mass is 412 g/mol. The standard InChI is InChI=1S/C24H32N2O2S/c1-19(2)18-25-24(28)20(3)26(16-14-21-10-6-4-7-11-21)23(27)15-17-29-22-12-8-5-9-13-22/h4-13,19-20H,14-18H2,1-3H3,(H,25,28)/t20-/m0/s1. The summed E-state index contributed by atoms with van der Waals surface area (Å²) in [5.74, 6) is 1.01. The molecule has 2 aromatic rings. The van der Waals surface area contributed by atoms with Gasteiger partial charge < -0.3 is 10.2 Å². The minimum absolute atomic E-state index is 0.0246. The molecule has 0 heterocycles. The number of nitrogens with zero attached hydrogens (tertiary/aromatic N) is 1. The lowest BCUT2D eigenvalue weighted by Gasteiger charge is -2.29. The van der Waals surface area contributed by atoms with E-state index < -0.39 is 6.04 Å². The molecule has 0 spiro atoms. The maximum atomic E-state index is 13.0. The normalized spacial score (nSPS) is 11.9. The van der Waals surface area contributed by atoms with Crippen LogP contribution in [-0.4, -0.2) is 41.6 Å². The van der Waals surface area contributed by atoms with E-state index in [-0.39, 0.29) is 11.8 Å². The van der Waals surface area contributed by atoms with Crippen LogP contribution in [-0.2, 0) is 16.0 Å². The fourth-order valence-corrected chi connectivity index (χ4v) is 3.80. The smallest absolute Gasteiger partial charge is 0.242 e. The summed E-state index contributed by atoms with van der Waals surface area (Å²) in [4.78, 5) is 28.4. The second-order valence-corrected chi connectivity index (χ2v) is 8.72. The molecule has 0 saturated carbocycles. The molecular weight excluding hydrogens is 380 g/mol. The van der Waals surface area contributed by atoms with Gasteiger partial charge in [-0.05, 0) is 37.0 Å². The molecule has 29 heavy (non-hydrogen) atoms. The molecule has 156 valence electrons. The van der Waals surface area contributed by atoms with E-state index in [1.165, 1.54) is 5.56 Å². The van der Waals surface area contributed by atoms with Gasteiger partial charge in [0.15, 0.2) is 0 Å². The Hall–Kier alpha value is -2.27. The summed E-state index contributed by atoms with van der Waals surface area (Å²) in [6.45, 7) is 7.10. The fourth-order valence-electron chi connectivity index (χ4n) is 2.94. The molecule has 2 aromatic carbocycles. The third-order valence-corrected chi connectivity index (χ3v) is 5.68. The molecule has 0 saturated heterocycles. The lowest BCUT2D eigenvalue weighted by Crippen LogP contribution is -2.49. The Morgan fingerprint density at radius 3 is 2.21 bits per heavy atom. The van der Waals surface area contributed by atoms with Crippen LogP contribution in [0, 0.1) is 5.92 Å². The van der Waals surface area contributed by atoms with Crippen molar-refractivity contribution in [3.8, 4) is 0 Å². The van der Waals surface area contributed by atoms with Crippen LogP contribution in [0.4, 0.5) is 0 Å². The Kier molecular flexibility index (Phi) is 9.78. The quantitative estimate of drug-likeness (QED) is 0.557. The third-order valence-electron chi connectivity index (χ3n) is 4.66. The molecule has 5 heteroatoms. The zero-order valence-electron chi connectivity index (χ0n) is 17.6. The first-order valence-corrected chi connectivity index (χ1v) is 11.2. The second kappa shape index (κ2) is 12.3. The molecule has 1 N–H and O–H groups in total. The van der Waals surface area contributed by atoms with Crippen molar-refractivity contribution in [2.45, 2.75) is 44.6 Å². The maximum absolute atomic E-state index is 13.0. The van der Waals surface area contributed by atoms with Crippen molar-refractivity contribution in [1.82, 2.24) is 10.2 Å². The molecule has 0 fully saturated rings. The molecule has 0 aliphatic rings. The summed E-state index contributed by atoms with van der Waals surface area (Å²) in [6, 6.07) is 19.7. The third kappa shape index (κ3) is 8.32. The Bertz CT molecular complexity index is 750. The molecule has 2 amide bonds. The number of hydrogen-bond acceptors (Lipinski definition) is 3. The summed E-state index contributed by atoms with van der Waals surface area (Å²) >= 11 is 1.67. The fraction of sp³-hybridized carbons (Fsp3) is 0.417. The van der Waals surface area contributed by atoms with E-state index in [9.17, 15) is 9.59 Å².